The maximum absolute atomic E-state index is 11.3. The zero-order valence-electron chi connectivity index (χ0n) is 14.5. The maximum atomic E-state index is 11.3. The van der Waals surface area contributed by atoms with E-state index in [2.05, 4.69) is 23.8 Å². The molecule has 6 unspecified atom stereocenters. The molecule has 0 aliphatic heterocycles. The molecule has 4 heteroatoms. The highest BCUT2D eigenvalue weighted by Gasteiger charge is 2.56. The first-order valence-electron chi connectivity index (χ1n) is 9.44. The quantitative estimate of drug-likeness (QED) is 0.672. The molecular weight excluding hydrogens is 300 g/mol. The second kappa shape index (κ2) is 7.54. The highest BCUT2D eigenvalue weighted by Crippen LogP contribution is 2.63. The minimum atomic E-state index is -0.0569. The SMILES string of the molecule is C=CC(=O)NCCC1CC2CC1C1CCC(CCNC(=O)C=C)C21. The number of rotatable bonds is 8. The molecule has 6 atom stereocenters. The molecule has 4 nitrogen and oxygen atoms in total. The minimum absolute atomic E-state index is 0.0564. The molecule has 0 heterocycles. The molecule has 3 rings (SSSR count). The van der Waals surface area contributed by atoms with E-state index in [-0.39, 0.29) is 11.8 Å². The second-order valence-electron chi connectivity index (χ2n) is 7.80. The fourth-order valence-corrected chi connectivity index (χ4v) is 5.99. The third kappa shape index (κ3) is 3.42. The number of hydrogen-bond donors (Lipinski definition) is 2. The molecular formula is C20H30N2O2. The Morgan fingerprint density at radius 3 is 2.12 bits per heavy atom. The summed E-state index contributed by atoms with van der Waals surface area (Å²) in [6, 6.07) is 0. The third-order valence-corrected chi connectivity index (χ3v) is 6.79. The van der Waals surface area contributed by atoms with Crippen molar-refractivity contribution in [2.24, 2.45) is 35.5 Å². The Balaban J connectivity index is 1.46. The lowest BCUT2D eigenvalue weighted by molar-refractivity contribution is -0.117. The largest absolute Gasteiger partial charge is 0.353 e. The monoisotopic (exact) mass is 330 g/mol. The van der Waals surface area contributed by atoms with Crippen molar-refractivity contribution in [3.63, 3.8) is 0 Å². The Morgan fingerprint density at radius 2 is 1.50 bits per heavy atom. The number of nitrogens with one attached hydrogen (secondary N) is 2. The minimum Gasteiger partial charge on any atom is -0.353 e. The van der Waals surface area contributed by atoms with Crippen molar-refractivity contribution in [2.45, 2.75) is 38.5 Å². The number of carbonyl (C=O) groups is 2. The van der Waals surface area contributed by atoms with Gasteiger partial charge in [-0.3, -0.25) is 9.59 Å². The summed E-state index contributed by atoms with van der Waals surface area (Å²) in [7, 11) is 0. The Bertz CT molecular complexity index is 516. The topological polar surface area (TPSA) is 58.2 Å². The average molecular weight is 330 g/mol. The molecule has 2 amide bonds. The first kappa shape index (κ1) is 17.2. The van der Waals surface area contributed by atoms with Gasteiger partial charge >= 0.3 is 0 Å². The predicted molar refractivity (Wildman–Crippen MR) is 95.1 cm³/mol. The van der Waals surface area contributed by atoms with Crippen molar-refractivity contribution < 1.29 is 9.59 Å². The standard InChI is InChI=1S/C20H30N2O2/c1-3-18(23)21-9-7-13-5-6-16-17-12-15(20(13)16)11-14(17)8-10-22-19(24)4-2/h3-4,13-17,20H,1-2,5-12H2,(H,21,23)(H,22,24). The smallest absolute Gasteiger partial charge is 0.243 e. The molecule has 3 aliphatic carbocycles. The molecule has 24 heavy (non-hydrogen) atoms. The van der Waals surface area contributed by atoms with E-state index >= 15 is 0 Å². The van der Waals surface area contributed by atoms with Crippen LogP contribution in [-0.4, -0.2) is 24.9 Å². The van der Waals surface area contributed by atoms with Crippen molar-refractivity contribution in [3.8, 4) is 0 Å². The highest BCUT2D eigenvalue weighted by atomic mass is 16.2. The molecule has 3 fully saturated rings. The van der Waals surface area contributed by atoms with Crippen molar-refractivity contribution in [1.29, 1.82) is 0 Å². The van der Waals surface area contributed by atoms with E-state index in [9.17, 15) is 9.59 Å². The number of carbonyl (C=O) groups excluding carboxylic acids is 2. The van der Waals surface area contributed by atoms with E-state index in [1.807, 2.05) is 0 Å². The molecule has 2 N–H and O–H groups in total. The molecule has 0 aromatic rings. The van der Waals surface area contributed by atoms with Gasteiger partial charge in [-0.1, -0.05) is 13.2 Å². The van der Waals surface area contributed by atoms with Crippen LogP contribution >= 0.6 is 0 Å². The van der Waals surface area contributed by atoms with Gasteiger partial charge in [0.05, 0.1) is 0 Å². The average Bonchev–Trinajstić information content (AvgIpc) is 3.27. The summed E-state index contributed by atoms with van der Waals surface area (Å²) in [4.78, 5) is 22.6. The van der Waals surface area contributed by atoms with Crippen LogP contribution in [0.4, 0.5) is 0 Å². The normalized spacial score (nSPS) is 36.2. The van der Waals surface area contributed by atoms with Gasteiger partial charge in [0.25, 0.3) is 0 Å². The molecule has 0 radical (unpaired) electrons. The van der Waals surface area contributed by atoms with Gasteiger partial charge < -0.3 is 10.6 Å². The summed E-state index contributed by atoms with van der Waals surface area (Å²) in [5.74, 6) is 4.99. The van der Waals surface area contributed by atoms with E-state index < -0.39 is 0 Å². The van der Waals surface area contributed by atoms with Crippen LogP contribution in [0.1, 0.15) is 38.5 Å². The Hall–Kier alpha value is -1.58. The van der Waals surface area contributed by atoms with Crippen molar-refractivity contribution in [3.05, 3.63) is 25.3 Å². The van der Waals surface area contributed by atoms with Gasteiger partial charge in [0.1, 0.15) is 0 Å². The van der Waals surface area contributed by atoms with Gasteiger partial charge in [0, 0.05) is 13.1 Å². The van der Waals surface area contributed by atoms with Crippen LogP contribution in [0, 0.1) is 35.5 Å². The molecule has 2 bridgehead atoms. The van der Waals surface area contributed by atoms with Crippen LogP contribution in [0.3, 0.4) is 0 Å². The van der Waals surface area contributed by atoms with E-state index in [0.29, 0.717) is 0 Å². The molecule has 0 aromatic heterocycles. The third-order valence-electron chi connectivity index (χ3n) is 6.79. The fourth-order valence-electron chi connectivity index (χ4n) is 5.99. The van der Waals surface area contributed by atoms with E-state index in [0.717, 1.165) is 61.4 Å². The summed E-state index contributed by atoms with van der Waals surface area (Å²) in [5.41, 5.74) is 0. The lowest BCUT2D eigenvalue weighted by atomic mass is 9.72. The van der Waals surface area contributed by atoms with Crippen LogP contribution in [0.5, 0.6) is 0 Å². The first-order valence-corrected chi connectivity index (χ1v) is 9.44. The van der Waals surface area contributed by atoms with Gasteiger partial charge in [0.15, 0.2) is 0 Å². The van der Waals surface area contributed by atoms with Gasteiger partial charge in [0.2, 0.25) is 11.8 Å². The Labute approximate surface area is 145 Å². The van der Waals surface area contributed by atoms with E-state index in [1.54, 1.807) is 0 Å². The zero-order chi connectivity index (χ0) is 17.1. The highest BCUT2D eigenvalue weighted by molar-refractivity contribution is 5.87. The van der Waals surface area contributed by atoms with Crippen molar-refractivity contribution in [2.75, 3.05) is 13.1 Å². The Kier molecular flexibility index (Phi) is 5.42. The van der Waals surface area contributed by atoms with E-state index in [4.69, 9.17) is 0 Å². The molecule has 0 saturated heterocycles. The van der Waals surface area contributed by atoms with Crippen LogP contribution in [0.15, 0.2) is 25.3 Å². The summed E-state index contributed by atoms with van der Waals surface area (Å²) in [6.45, 7) is 8.57. The van der Waals surface area contributed by atoms with Crippen LogP contribution < -0.4 is 10.6 Å². The molecule has 3 saturated carbocycles. The summed E-state index contributed by atoms with van der Waals surface area (Å²) in [5, 5.41) is 5.86. The van der Waals surface area contributed by atoms with Crippen LogP contribution in [0.25, 0.3) is 0 Å². The summed E-state index contributed by atoms with van der Waals surface area (Å²) in [6.07, 6.45) is 10.4. The molecule has 0 spiro atoms. The number of amides is 2. The lowest BCUT2D eigenvalue weighted by Crippen LogP contribution is -2.31. The van der Waals surface area contributed by atoms with Crippen LogP contribution in [-0.2, 0) is 9.59 Å². The number of fused-ring (bicyclic) bond motifs is 5. The second-order valence-corrected chi connectivity index (χ2v) is 7.80. The maximum Gasteiger partial charge on any atom is 0.243 e. The van der Waals surface area contributed by atoms with Crippen molar-refractivity contribution >= 4 is 11.8 Å². The van der Waals surface area contributed by atoms with Gasteiger partial charge in [-0.05, 0) is 86.2 Å². The summed E-state index contributed by atoms with van der Waals surface area (Å²) >= 11 is 0. The van der Waals surface area contributed by atoms with Crippen molar-refractivity contribution in [1.82, 2.24) is 10.6 Å². The first-order chi connectivity index (χ1) is 11.6. The van der Waals surface area contributed by atoms with Gasteiger partial charge in [-0.2, -0.15) is 0 Å². The Morgan fingerprint density at radius 1 is 0.875 bits per heavy atom. The molecule has 132 valence electrons. The van der Waals surface area contributed by atoms with Gasteiger partial charge in [-0.15, -0.1) is 0 Å². The van der Waals surface area contributed by atoms with E-state index in [1.165, 1.54) is 37.8 Å². The number of hydrogen-bond acceptors (Lipinski definition) is 2. The van der Waals surface area contributed by atoms with Crippen LogP contribution in [0.2, 0.25) is 0 Å². The molecule has 0 aromatic carbocycles. The molecule has 3 aliphatic rings. The zero-order valence-corrected chi connectivity index (χ0v) is 14.5. The fraction of sp³-hybridized carbons (Fsp3) is 0.700. The summed E-state index contributed by atoms with van der Waals surface area (Å²) < 4.78 is 0. The van der Waals surface area contributed by atoms with Gasteiger partial charge in [-0.25, -0.2) is 0 Å². The predicted octanol–water partition coefficient (Wildman–Crippen LogP) is 2.67. The lowest BCUT2D eigenvalue weighted by Gasteiger charge is -2.34.